The van der Waals surface area contributed by atoms with Gasteiger partial charge < -0.3 is 0 Å². The number of hydrogen-bond acceptors (Lipinski definition) is 0. The normalized spacial score (nSPS) is 15.3. The summed E-state index contributed by atoms with van der Waals surface area (Å²) in [6.07, 6.45) is 15.2. The maximum absolute atomic E-state index is 2.46. The van der Waals surface area contributed by atoms with E-state index in [2.05, 4.69) is 38.2 Å². The predicted molar refractivity (Wildman–Crippen MR) is 61.5 cm³/mol. The second-order valence-electron chi connectivity index (χ2n) is 4.16. The van der Waals surface area contributed by atoms with Gasteiger partial charge in [-0.3, -0.25) is 0 Å². The fourth-order valence-electron chi connectivity index (χ4n) is 1.97. The summed E-state index contributed by atoms with van der Waals surface area (Å²) in [4.78, 5) is 0. The molecule has 0 unspecified atom stereocenters. The molecular formula is C13H23Zr. The molecule has 0 fully saturated rings. The van der Waals surface area contributed by atoms with Gasteiger partial charge in [0.2, 0.25) is 0 Å². The summed E-state index contributed by atoms with van der Waals surface area (Å²) in [7, 11) is 0. The standard InChI is InChI=1S/C5H5.2C4H9.Zr/c1-2-4-5-3-1;2*1-3-4-2;/h1-5H;2*1,3-4H2,2H3;. The molecule has 1 aliphatic carbocycles. The Morgan fingerprint density at radius 1 is 0.929 bits per heavy atom. The average Bonchev–Trinajstić information content (AvgIpc) is 2.71. The van der Waals surface area contributed by atoms with Crippen molar-refractivity contribution in [2.24, 2.45) is 0 Å². The zero-order valence-corrected chi connectivity index (χ0v) is 12.1. The summed E-state index contributed by atoms with van der Waals surface area (Å²) < 4.78 is 4.16. The predicted octanol–water partition coefficient (Wildman–Crippen LogP) is 4.96. The van der Waals surface area contributed by atoms with Crippen LogP contribution in [0.1, 0.15) is 39.5 Å². The topological polar surface area (TPSA) is 0 Å². The van der Waals surface area contributed by atoms with Crippen LogP contribution in [0.5, 0.6) is 0 Å². The molecular weight excluding hydrogens is 247 g/mol. The first-order valence-electron chi connectivity index (χ1n) is 6.08. The van der Waals surface area contributed by atoms with E-state index in [1.165, 1.54) is 25.7 Å². The van der Waals surface area contributed by atoms with E-state index in [1.54, 1.807) is 8.26 Å². The van der Waals surface area contributed by atoms with Gasteiger partial charge in [-0.25, -0.2) is 0 Å². The summed E-state index contributed by atoms with van der Waals surface area (Å²) in [5, 5.41) is 0. The van der Waals surface area contributed by atoms with Crippen molar-refractivity contribution in [1.82, 2.24) is 0 Å². The van der Waals surface area contributed by atoms with Crippen molar-refractivity contribution in [2.45, 2.75) is 51.4 Å². The Morgan fingerprint density at radius 3 is 1.86 bits per heavy atom. The van der Waals surface area contributed by atoms with Crippen molar-refractivity contribution in [3.8, 4) is 0 Å². The summed E-state index contributed by atoms with van der Waals surface area (Å²) in [6.45, 7) is 4.64. The van der Waals surface area contributed by atoms with E-state index in [-0.39, 0.29) is 0 Å². The van der Waals surface area contributed by atoms with Crippen molar-refractivity contribution in [2.75, 3.05) is 0 Å². The molecule has 1 heteroatoms. The van der Waals surface area contributed by atoms with E-state index in [0.29, 0.717) is 0 Å². The molecule has 1 rings (SSSR count). The SMILES string of the molecule is CCC[CH2][Zr]([CH2]CCC)[CH]1C=CC=C1. The van der Waals surface area contributed by atoms with Crippen molar-refractivity contribution < 1.29 is 21.8 Å². The number of allylic oxidation sites excluding steroid dienone is 4. The van der Waals surface area contributed by atoms with Gasteiger partial charge in [0.05, 0.1) is 0 Å². The van der Waals surface area contributed by atoms with E-state index < -0.39 is 21.8 Å². The zero-order chi connectivity index (χ0) is 10.2. The van der Waals surface area contributed by atoms with E-state index >= 15 is 0 Å². The first kappa shape index (κ1) is 12.4. The van der Waals surface area contributed by atoms with Crippen LogP contribution in [0, 0.1) is 0 Å². The third kappa shape index (κ3) is 4.26. The molecule has 0 bridgehead atoms. The Balaban J connectivity index is 2.35. The Kier molecular flexibility index (Phi) is 6.77. The molecule has 0 heterocycles. The molecule has 79 valence electrons. The zero-order valence-electron chi connectivity index (χ0n) is 9.63. The molecule has 0 N–H and O–H groups in total. The molecule has 0 spiro atoms. The fourth-order valence-corrected chi connectivity index (χ4v) is 10.1. The summed E-state index contributed by atoms with van der Waals surface area (Å²) >= 11 is -1.08. The second kappa shape index (κ2) is 7.63. The second-order valence-corrected chi connectivity index (χ2v) is 11.5. The summed E-state index contributed by atoms with van der Waals surface area (Å²) in [5.41, 5.74) is 0. The van der Waals surface area contributed by atoms with Gasteiger partial charge in [0.15, 0.2) is 0 Å². The van der Waals surface area contributed by atoms with Gasteiger partial charge in [-0.15, -0.1) is 0 Å². The van der Waals surface area contributed by atoms with E-state index in [4.69, 9.17) is 0 Å². The van der Waals surface area contributed by atoms with Gasteiger partial charge in [-0.05, 0) is 0 Å². The van der Waals surface area contributed by atoms with Crippen molar-refractivity contribution in [3.05, 3.63) is 24.3 Å². The van der Waals surface area contributed by atoms with Crippen LogP contribution in [0.15, 0.2) is 24.3 Å². The third-order valence-corrected chi connectivity index (χ3v) is 11.1. The molecule has 0 aromatic rings. The Morgan fingerprint density at radius 2 is 1.43 bits per heavy atom. The van der Waals surface area contributed by atoms with Crippen LogP contribution in [0.4, 0.5) is 0 Å². The monoisotopic (exact) mass is 269 g/mol. The molecule has 0 aromatic carbocycles. The number of hydrogen-bond donors (Lipinski definition) is 0. The molecule has 0 saturated carbocycles. The first-order valence-corrected chi connectivity index (χ1v) is 11.0. The van der Waals surface area contributed by atoms with Crippen molar-refractivity contribution in [3.63, 3.8) is 0 Å². The minimum absolute atomic E-state index is 0.940. The van der Waals surface area contributed by atoms with Gasteiger partial charge in [-0.1, -0.05) is 0 Å². The van der Waals surface area contributed by atoms with E-state index in [9.17, 15) is 0 Å². The van der Waals surface area contributed by atoms with E-state index in [0.717, 1.165) is 3.63 Å². The van der Waals surface area contributed by atoms with Gasteiger partial charge >= 0.3 is 97.5 Å². The quantitative estimate of drug-likeness (QED) is 0.613. The molecule has 0 radical (unpaired) electrons. The van der Waals surface area contributed by atoms with Crippen LogP contribution in [-0.4, -0.2) is 0 Å². The molecule has 14 heavy (non-hydrogen) atoms. The van der Waals surface area contributed by atoms with Crippen LogP contribution in [-0.2, 0) is 21.8 Å². The van der Waals surface area contributed by atoms with Crippen LogP contribution in [0.25, 0.3) is 0 Å². The number of unbranched alkanes of at least 4 members (excludes halogenated alkanes) is 2. The Labute approximate surface area is 97.2 Å². The summed E-state index contributed by atoms with van der Waals surface area (Å²) in [5.74, 6) is 0. The average molecular weight is 271 g/mol. The molecule has 0 atom stereocenters. The van der Waals surface area contributed by atoms with Crippen molar-refractivity contribution >= 4 is 0 Å². The molecule has 0 aliphatic heterocycles. The fraction of sp³-hybridized carbons (Fsp3) is 0.692. The maximum atomic E-state index is 2.46. The van der Waals surface area contributed by atoms with Gasteiger partial charge in [-0.2, -0.15) is 0 Å². The molecule has 0 saturated heterocycles. The third-order valence-electron chi connectivity index (χ3n) is 2.92. The van der Waals surface area contributed by atoms with Gasteiger partial charge in [0.1, 0.15) is 0 Å². The van der Waals surface area contributed by atoms with Crippen LogP contribution in [0.2, 0.25) is 11.9 Å². The van der Waals surface area contributed by atoms with E-state index in [1.807, 2.05) is 0 Å². The van der Waals surface area contributed by atoms with Gasteiger partial charge in [0, 0.05) is 0 Å². The summed E-state index contributed by atoms with van der Waals surface area (Å²) in [6, 6.07) is 0. The molecule has 1 aliphatic rings. The Hall–Kier alpha value is 0.363. The van der Waals surface area contributed by atoms with Crippen LogP contribution >= 0.6 is 0 Å². The van der Waals surface area contributed by atoms with Crippen LogP contribution in [0.3, 0.4) is 0 Å². The molecule has 0 amide bonds. The van der Waals surface area contributed by atoms with Crippen molar-refractivity contribution in [1.29, 1.82) is 0 Å². The molecule has 0 nitrogen and oxygen atoms in total. The van der Waals surface area contributed by atoms with Gasteiger partial charge in [0.25, 0.3) is 0 Å². The van der Waals surface area contributed by atoms with Crippen LogP contribution < -0.4 is 0 Å². The number of rotatable bonds is 7. The first-order chi connectivity index (χ1) is 6.88. The Bertz CT molecular complexity index is 173. The molecule has 0 aromatic heterocycles. The minimum atomic E-state index is -1.08.